The molecule has 0 radical (unpaired) electrons. The van der Waals surface area contributed by atoms with Crippen LogP contribution in [0.5, 0.6) is 0 Å². The Morgan fingerprint density at radius 1 is 1.09 bits per heavy atom. The molecule has 128 valence electrons. The lowest BCUT2D eigenvalue weighted by atomic mass is 9.72. The number of ether oxygens (including phenoxy) is 1. The third kappa shape index (κ3) is 4.78. The summed E-state index contributed by atoms with van der Waals surface area (Å²) in [6.45, 7) is 0. The van der Waals surface area contributed by atoms with Gasteiger partial charge in [0.15, 0.2) is 0 Å². The summed E-state index contributed by atoms with van der Waals surface area (Å²) in [4.78, 5) is 15.8. The van der Waals surface area contributed by atoms with Gasteiger partial charge in [0.05, 0.1) is 7.11 Å². The van der Waals surface area contributed by atoms with E-state index in [4.69, 9.17) is 4.74 Å². The largest absolute Gasteiger partial charge is 0.457 e. The molecule has 0 saturated heterocycles. The van der Waals surface area contributed by atoms with E-state index in [1.54, 1.807) is 0 Å². The normalized spacial score (nSPS) is 22.1. The predicted octanol–water partition coefficient (Wildman–Crippen LogP) is 4.03. The Bertz CT molecular complexity index is 359. The highest BCUT2D eigenvalue weighted by molar-refractivity contribution is 7.96. The minimum atomic E-state index is -3.82. The number of carbonyl (C=O) groups excluding carboxylic acids is 1. The highest BCUT2D eigenvalue weighted by atomic mass is 32.2. The van der Waals surface area contributed by atoms with Crippen LogP contribution in [0.1, 0.15) is 51.4 Å². The Balaban J connectivity index is 1.91. The monoisotopic (exact) mass is 340 g/mol. The first-order valence-electron chi connectivity index (χ1n) is 7.68. The predicted molar refractivity (Wildman–Crippen MR) is 75.5 cm³/mol. The lowest BCUT2D eigenvalue weighted by molar-refractivity contribution is -0.448. The van der Waals surface area contributed by atoms with Gasteiger partial charge in [-0.15, -0.1) is 4.33 Å². The van der Waals surface area contributed by atoms with Crippen molar-refractivity contribution in [3.8, 4) is 0 Å². The van der Waals surface area contributed by atoms with Gasteiger partial charge in [0.1, 0.15) is 18.1 Å². The zero-order valence-electron chi connectivity index (χ0n) is 12.6. The Morgan fingerprint density at radius 3 is 2.18 bits per heavy atom. The molecule has 0 bridgehead atoms. The molecule has 0 aromatic carbocycles. The summed E-state index contributed by atoms with van der Waals surface area (Å²) in [7, 11) is 1.10. The Hall–Kier alpha value is -0.440. The van der Waals surface area contributed by atoms with Gasteiger partial charge in [-0.3, -0.25) is 0 Å². The van der Waals surface area contributed by atoms with Crippen molar-refractivity contribution in [2.75, 3.05) is 7.11 Å². The number of rotatable bonds is 8. The molecule has 0 aromatic heterocycles. The molecule has 0 spiro atoms. The van der Waals surface area contributed by atoms with Gasteiger partial charge in [-0.2, -0.15) is 8.78 Å². The first kappa shape index (κ1) is 17.9. The first-order chi connectivity index (χ1) is 10.5. The summed E-state index contributed by atoms with van der Waals surface area (Å²) in [5, 5.41) is 0.0716. The van der Waals surface area contributed by atoms with E-state index in [0.29, 0.717) is 0 Å². The van der Waals surface area contributed by atoms with Crippen molar-refractivity contribution >= 4 is 18.0 Å². The molecule has 2 rings (SSSR count). The highest BCUT2D eigenvalue weighted by Gasteiger charge is 2.47. The second kappa shape index (κ2) is 8.42. The van der Waals surface area contributed by atoms with Crippen LogP contribution in [-0.2, 0) is 23.8 Å². The molecular weight excluding hydrogens is 318 g/mol. The van der Waals surface area contributed by atoms with Crippen LogP contribution in [0.25, 0.3) is 0 Å². The summed E-state index contributed by atoms with van der Waals surface area (Å²) in [5.74, 6) is -1.16. The van der Waals surface area contributed by atoms with E-state index in [9.17, 15) is 13.6 Å². The van der Waals surface area contributed by atoms with Crippen molar-refractivity contribution in [3.63, 3.8) is 0 Å². The molecule has 2 fully saturated rings. The van der Waals surface area contributed by atoms with Gasteiger partial charge in [0, 0.05) is 0 Å². The van der Waals surface area contributed by atoms with Gasteiger partial charge < -0.3 is 4.74 Å². The number of carbonyl (C=O) groups is 1. The van der Waals surface area contributed by atoms with Crippen LogP contribution in [-0.4, -0.2) is 24.4 Å². The minimum Gasteiger partial charge on any atom is -0.457 e. The van der Waals surface area contributed by atoms with Gasteiger partial charge in [-0.05, 0) is 37.5 Å². The second-order valence-corrected chi connectivity index (χ2v) is 6.68. The van der Waals surface area contributed by atoms with Gasteiger partial charge in [-0.1, -0.05) is 30.7 Å². The molecule has 2 aliphatic carbocycles. The van der Waals surface area contributed by atoms with Crippen LogP contribution in [0.4, 0.5) is 8.78 Å². The molecule has 2 aliphatic rings. The second-order valence-electron chi connectivity index (χ2n) is 5.86. The quantitative estimate of drug-likeness (QED) is 0.219. The maximum absolute atomic E-state index is 13.7. The van der Waals surface area contributed by atoms with E-state index in [1.807, 2.05) is 0 Å². The fourth-order valence-corrected chi connectivity index (χ4v) is 3.40. The molecule has 2 saturated carbocycles. The van der Waals surface area contributed by atoms with E-state index in [0.717, 1.165) is 58.5 Å². The molecule has 1 atom stereocenters. The smallest absolute Gasteiger partial charge is 0.415 e. The maximum atomic E-state index is 13.7. The summed E-state index contributed by atoms with van der Waals surface area (Å²) in [5.41, 5.74) is 0. The van der Waals surface area contributed by atoms with E-state index >= 15 is 0 Å². The lowest BCUT2D eigenvalue weighted by Crippen LogP contribution is -2.42. The average Bonchev–Trinajstić information content (AvgIpc) is 2.45. The van der Waals surface area contributed by atoms with Crippen LogP contribution < -0.4 is 0 Å². The van der Waals surface area contributed by atoms with Crippen molar-refractivity contribution in [1.29, 1.82) is 0 Å². The van der Waals surface area contributed by atoms with Crippen LogP contribution in [0.2, 0.25) is 0 Å². The Kier molecular flexibility index (Phi) is 6.86. The van der Waals surface area contributed by atoms with Crippen molar-refractivity contribution < 1.29 is 32.6 Å². The number of esters is 1. The SMILES string of the molecule is COOOSC(F)(F)C(=O)OC(C1CCCCC1)C1CCC1. The topological polar surface area (TPSA) is 54.0 Å². The summed E-state index contributed by atoms with van der Waals surface area (Å²) in [6, 6.07) is 0. The van der Waals surface area contributed by atoms with Crippen LogP contribution in [0, 0.1) is 11.8 Å². The number of halogens is 2. The summed E-state index contributed by atoms with van der Waals surface area (Å²) in [6.07, 6.45) is 7.73. The van der Waals surface area contributed by atoms with E-state index in [2.05, 4.69) is 14.3 Å². The first-order valence-corrected chi connectivity index (χ1v) is 8.43. The molecule has 0 heterocycles. The van der Waals surface area contributed by atoms with Gasteiger partial charge >= 0.3 is 11.2 Å². The average molecular weight is 340 g/mol. The maximum Gasteiger partial charge on any atom is 0.415 e. The van der Waals surface area contributed by atoms with E-state index < -0.39 is 29.4 Å². The van der Waals surface area contributed by atoms with Crippen molar-refractivity contribution in [3.05, 3.63) is 0 Å². The Labute approximate surface area is 133 Å². The molecule has 1 unspecified atom stereocenters. The van der Waals surface area contributed by atoms with E-state index in [1.165, 1.54) is 0 Å². The standard InChI is InChI=1S/C14H22F2O5S/c1-18-20-21-22-14(15,16)13(17)19-12(11-8-5-9-11)10-6-3-2-4-7-10/h10-12H,2-9H2,1H3. The third-order valence-corrected chi connectivity index (χ3v) is 4.94. The lowest BCUT2D eigenvalue weighted by Gasteiger charge is -2.39. The summed E-state index contributed by atoms with van der Waals surface area (Å²) >= 11 is -0.418. The number of hydrogen-bond acceptors (Lipinski definition) is 6. The highest BCUT2D eigenvalue weighted by Crippen LogP contribution is 2.41. The fraction of sp³-hybridized carbons (Fsp3) is 0.929. The Morgan fingerprint density at radius 2 is 1.68 bits per heavy atom. The molecule has 0 aromatic rings. The minimum absolute atomic E-state index is 0.194. The van der Waals surface area contributed by atoms with Gasteiger partial charge in [0.25, 0.3) is 0 Å². The van der Waals surface area contributed by atoms with Crippen LogP contribution >= 0.6 is 12.0 Å². The fourth-order valence-electron chi connectivity index (χ4n) is 3.12. The van der Waals surface area contributed by atoms with Crippen molar-refractivity contribution in [1.82, 2.24) is 0 Å². The third-order valence-electron chi connectivity index (χ3n) is 4.44. The van der Waals surface area contributed by atoms with Crippen molar-refractivity contribution in [2.24, 2.45) is 11.8 Å². The molecule has 0 amide bonds. The number of alkyl halides is 2. The summed E-state index contributed by atoms with van der Waals surface area (Å²) < 4.78 is 36.6. The molecule has 0 N–H and O–H groups in total. The molecular formula is C14H22F2O5S. The zero-order valence-corrected chi connectivity index (χ0v) is 13.4. The van der Waals surface area contributed by atoms with Gasteiger partial charge in [0.2, 0.25) is 0 Å². The van der Waals surface area contributed by atoms with Crippen LogP contribution in [0.3, 0.4) is 0 Å². The molecule has 22 heavy (non-hydrogen) atoms. The molecule has 5 nitrogen and oxygen atoms in total. The van der Waals surface area contributed by atoms with Crippen LogP contribution in [0.15, 0.2) is 0 Å². The zero-order chi connectivity index (χ0) is 16.0. The van der Waals surface area contributed by atoms with Gasteiger partial charge in [-0.25, -0.2) is 9.68 Å². The van der Waals surface area contributed by atoms with Crippen molar-refractivity contribution in [2.45, 2.75) is 62.7 Å². The van der Waals surface area contributed by atoms with E-state index in [-0.39, 0.29) is 11.8 Å². The number of hydrogen-bond donors (Lipinski definition) is 0. The molecule has 8 heteroatoms. The molecule has 0 aliphatic heterocycles.